The second kappa shape index (κ2) is 8.64. The Balaban J connectivity index is 1.67. The zero-order chi connectivity index (χ0) is 20.2. The molecule has 0 spiro atoms. The van der Waals surface area contributed by atoms with Gasteiger partial charge in [-0.05, 0) is 40.9 Å². The van der Waals surface area contributed by atoms with Crippen molar-refractivity contribution >= 4 is 22.9 Å². The first-order valence-electron chi connectivity index (χ1n) is 9.59. The predicted octanol–water partition coefficient (Wildman–Crippen LogP) is 5.15. The maximum absolute atomic E-state index is 12.1. The second-order valence-electron chi connectivity index (χ2n) is 7.09. The molecule has 1 heterocycles. The smallest absolute Gasteiger partial charge is 0.286 e. The van der Waals surface area contributed by atoms with E-state index in [0.717, 1.165) is 28.5 Å². The standard InChI is InChI=1S/C24H22N2O2S/c1-16(17-9-4-2-5-10-17)25-21(18-11-6-3-7-12-18)19-13-8-14-20(15-19)22-23(27)26-24(28)29-22/h2-16,21-22,25H,1H3,(H,26,27,28)/t16-,21?,22?/m1/s1. The topological polar surface area (TPSA) is 58.2 Å². The van der Waals surface area contributed by atoms with E-state index in [4.69, 9.17) is 0 Å². The molecular weight excluding hydrogens is 380 g/mol. The monoisotopic (exact) mass is 402 g/mol. The fourth-order valence-electron chi connectivity index (χ4n) is 3.60. The summed E-state index contributed by atoms with van der Waals surface area (Å²) in [6.45, 7) is 2.15. The quantitative estimate of drug-likeness (QED) is 0.599. The molecule has 0 aromatic heterocycles. The molecule has 146 valence electrons. The Morgan fingerprint density at radius 3 is 2.07 bits per heavy atom. The van der Waals surface area contributed by atoms with Crippen LogP contribution in [0.25, 0.3) is 0 Å². The van der Waals surface area contributed by atoms with E-state index in [1.807, 2.05) is 54.6 Å². The largest absolute Gasteiger partial charge is 0.300 e. The highest BCUT2D eigenvalue weighted by Crippen LogP contribution is 2.36. The Morgan fingerprint density at radius 1 is 0.828 bits per heavy atom. The molecule has 29 heavy (non-hydrogen) atoms. The van der Waals surface area contributed by atoms with Crippen molar-refractivity contribution in [2.24, 2.45) is 0 Å². The van der Waals surface area contributed by atoms with Crippen LogP contribution in [0.15, 0.2) is 84.9 Å². The van der Waals surface area contributed by atoms with Gasteiger partial charge in [0.1, 0.15) is 5.25 Å². The number of carbonyl (C=O) groups excluding carboxylic acids is 2. The number of hydrogen-bond donors (Lipinski definition) is 2. The Hall–Kier alpha value is -2.89. The van der Waals surface area contributed by atoms with Gasteiger partial charge in [0.05, 0.1) is 6.04 Å². The number of hydrogen-bond acceptors (Lipinski definition) is 4. The average Bonchev–Trinajstić information content (AvgIpc) is 3.11. The Bertz CT molecular complexity index is 1010. The molecule has 2 N–H and O–H groups in total. The third kappa shape index (κ3) is 4.42. The summed E-state index contributed by atoms with van der Waals surface area (Å²) in [5.41, 5.74) is 4.25. The molecule has 4 nitrogen and oxygen atoms in total. The molecule has 5 heteroatoms. The number of imide groups is 1. The average molecular weight is 403 g/mol. The van der Waals surface area contributed by atoms with Gasteiger partial charge in [-0.25, -0.2) is 0 Å². The van der Waals surface area contributed by atoms with E-state index in [0.29, 0.717) is 0 Å². The highest BCUT2D eigenvalue weighted by atomic mass is 32.2. The molecule has 3 aromatic carbocycles. The zero-order valence-electron chi connectivity index (χ0n) is 16.0. The van der Waals surface area contributed by atoms with E-state index in [9.17, 15) is 9.59 Å². The van der Waals surface area contributed by atoms with E-state index in [2.05, 4.69) is 47.9 Å². The molecule has 2 amide bonds. The van der Waals surface area contributed by atoms with Gasteiger partial charge >= 0.3 is 0 Å². The highest BCUT2D eigenvalue weighted by Gasteiger charge is 2.33. The van der Waals surface area contributed by atoms with Crippen molar-refractivity contribution in [2.75, 3.05) is 0 Å². The van der Waals surface area contributed by atoms with Crippen molar-refractivity contribution in [3.63, 3.8) is 0 Å². The summed E-state index contributed by atoms with van der Waals surface area (Å²) in [7, 11) is 0. The molecule has 0 radical (unpaired) electrons. The summed E-state index contributed by atoms with van der Waals surface area (Å²) in [6, 6.07) is 28.6. The maximum Gasteiger partial charge on any atom is 0.286 e. The molecule has 3 aromatic rings. The van der Waals surface area contributed by atoms with Gasteiger partial charge < -0.3 is 0 Å². The number of carbonyl (C=O) groups is 2. The van der Waals surface area contributed by atoms with Crippen molar-refractivity contribution in [1.82, 2.24) is 10.6 Å². The van der Waals surface area contributed by atoms with Crippen LogP contribution in [0.3, 0.4) is 0 Å². The minimum Gasteiger partial charge on any atom is -0.300 e. The van der Waals surface area contributed by atoms with Crippen LogP contribution in [0.5, 0.6) is 0 Å². The van der Waals surface area contributed by atoms with Gasteiger partial charge in [0, 0.05) is 6.04 Å². The SMILES string of the molecule is C[C@@H](NC(c1ccccc1)c1cccc(C2SC(=O)NC2=O)c1)c1ccccc1. The minimum absolute atomic E-state index is 0.0449. The summed E-state index contributed by atoms with van der Waals surface area (Å²) in [5, 5.41) is 5.31. The lowest BCUT2D eigenvalue weighted by Gasteiger charge is -2.25. The Labute approximate surface area is 174 Å². The molecule has 1 saturated heterocycles. The predicted molar refractivity (Wildman–Crippen MR) is 117 cm³/mol. The van der Waals surface area contributed by atoms with E-state index in [1.54, 1.807) is 0 Å². The number of rotatable bonds is 6. The number of nitrogens with one attached hydrogen (secondary N) is 2. The summed E-state index contributed by atoms with van der Waals surface area (Å²) >= 11 is 1.03. The molecule has 0 aliphatic carbocycles. The summed E-state index contributed by atoms with van der Waals surface area (Å²) in [5.74, 6) is -0.251. The molecule has 1 aliphatic rings. The normalized spacial score (nSPS) is 18.3. The third-order valence-corrected chi connectivity index (χ3v) is 6.12. The van der Waals surface area contributed by atoms with E-state index in [-0.39, 0.29) is 23.2 Å². The van der Waals surface area contributed by atoms with Crippen molar-refractivity contribution in [3.05, 3.63) is 107 Å². The van der Waals surface area contributed by atoms with E-state index in [1.165, 1.54) is 5.56 Å². The van der Waals surface area contributed by atoms with Crippen molar-refractivity contribution in [3.8, 4) is 0 Å². The number of amides is 2. The minimum atomic E-state index is -0.495. The molecular formula is C24H22N2O2S. The van der Waals surface area contributed by atoms with Gasteiger partial charge in [0.2, 0.25) is 5.91 Å². The first-order valence-corrected chi connectivity index (χ1v) is 10.5. The third-order valence-electron chi connectivity index (χ3n) is 5.08. The first-order chi connectivity index (χ1) is 14.1. The van der Waals surface area contributed by atoms with Crippen LogP contribution < -0.4 is 10.6 Å². The van der Waals surface area contributed by atoms with Gasteiger partial charge in [-0.1, -0.05) is 84.9 Å². The molecule has 0 bridgehead atoms. The molecule has 0 saturated carbocycles. The first kappa shape index (κ1) is 19.4. The van der Waals surface area contributed by atoms with Crippen molar-refractivity contribution < 1.29 is 9.59 Å². The summed E-state index contributed by atoms with van der Waals surface area (Å²) < 4.78 is 0. The second-order valence-corrected chi connectivity index (χ2v) is 8.17. The lowest BCUT2D eigenvalue weighted by Crippen LogP contribution is -2.26. The number of thioether (sulfide) groups is 1. The van der Waals surface area contributed by atoms with Crippen LogP contribution in [0.4, 0.5) is 4.79 Å². The maximum atomic E-state index is 12.1. The summed E-state index contributed by atoms with van der Waals surface area (Å²) in [6.07, 6.45) is 0. The molecule has 2 unspecified atom stereocenters. The van der Waals surface area contributed by atoms with Gasteiger partial charge in [-0.15, -0.1) is 0 Å². The highest BCUT2D eigenvalue weighted by molar-refractivity contribution is 8.15. The Morgan fingerprint density at radius 2 is 1.45 bits per heavy atom. The fourth-order valence-corrected chi connectivity index (χ4v) is 4.42. The van der Waals surface area contributed by atoms with Crippen molar-refractivity contribution in [1.29, 1.82) is 0 Å². The lowest BCUT2D eigenvalue weighted by atomic mass is 9.94. The van der Waals surface area contributed by atoms with Crippen molar-refractivity contribution in [2.45, 2.75) is 24.3 Å². The van der Waals surface area contributed by atoms with Gasteiger partial charge in [-0.2, -0.15) is 0 Å². The fraction of sp³-hybridized carbons (Fsp3) is 0.167. The number of benzene rings is 3. The van der Waals surface area contributed by atoms with Crippen LogP contribution in [-0.4, -0.2) is 11.1 Å². The van der Waals surface area contributed by atoms with Gasteiger partial charge in [0.15, 0.2) is 0 Å². The van der Waals surface area contributed by atoms with Crippen LogP contribution in [0.1, 0.15) is 46.5 Å². The van der Waals surface area contributed by atoms with Gasteiger partial charge in [0.25, 0.3) is 5.24 Å². The van der Waals surface area contributed by atoms with Crippen LogP contribution >= 0.6 is 11.8 Å². The van der Waals surface area contributed by atoms with Crippen LogP contribution in [-0.2, 0) is 4.79 Å². The zero-order valence-corrected chi connectivity index (χ0v) is 16.9. The summed E-state index contributed by atoms with van der Waals surface area (Å²) in [4.78, 5) is 23.7. The molecule has 4 rings (SSSR count). The molecule has 1 aliphatic heterocycles. The van der Waals surface area contributed by atoms with Crippen LogP contribution in [0, 0.1) is 0 Å². The van der Waals surface area contributed by atoms with E-state index >= 15 is 0 Å². The van der Waals surface area contributed by atoms with E-state index < -0.39 is 5.25 Å². The van der Waals surface area contributed by atoms with Gasteiger partial charge in [-0.3, -0.25) is 20.2 Å². The molecule has 1 fully saturated rings. The van der Waals surface area contributed by atoms with Crippen LogP contribution in [0.2, 0.25) is 0 Å². The lowest BCUT2D eigenvalue weighted by molar-refractivity contribution is -0.119. The molecule has 3 atom stereocenters. The Kier molecular flexibility index (Phi) is 5.79.